The van der Waals surface area contributed by atoms with Crippen molar-refractivity contribution in [3.63, 3.8) is 0 Å². The molecule has 1 saturated heterocycles. The molecule has 0 aromatic carbocycles. The first-order valence-electron chi connectivity index (χ1n) is 6.01. The average Bonchev–Trinajstić information content (AvgIpc) is 2.77. The van der Waals surface area contributed by atoms with Crippen LogP contribution in [0.15, 0.2) is 0 Å². The summed E-state index contributed by atoms with van der Waals surface area (Å²) in [6.45, 7) is 0. The Morgan fingerprint density at radius 1 is 1.56 bits per heavy atom. The minimum Gasteiger partial charge on any atom is -0.365 e. The number of rotatable bonds is 3. The highest BCUT2D eigenvalue weighted by atomic mass is 32.1. The fourth-order valence-corrected chi connectivity index (χ4v) is 4.50. The molecule has 2 amide bonds. The second-order valence-corrected chi connectivity index (χ2v) is 5.99. The third-order valence-corrected chi connectivity index (χ3v) is 5.21. The van der Waals surface area contributed by atoms with Gasteiger partial charge in [0.1, 0.15) is 5.00 Å². The second kappa shape index (κ2) is 4.07. The second-order valence-electron chi connectivity index (χ2n) is 4.89. The molecule has 0 unspecified atom stereocenters. The van der Waals surface area contributed by atoms with E-state index in [0.29, 0.717) is 23.0 Å². The Morgan fingerprint density at radius 2 is 2.33 bits per heavy atom. The van der Waals surface area contributed by atoms with Gasteiger partial charge in [0.15, 0.2) is 0 Å². The maximum absolute atomic E-state index is 11.7. The quantitative estimate of drug-likeness (QED) is 0.804. The maximum Gasteiger partial charge on any atom is 0.252 e. The lowest BCUT2D eigenvalue weighted by Gasteiger charge is -2.31. The third-order valence-electron chi connectivity index (χ3n) is 4.05. The number of amides is 2. The van der Waals surface area contributed by atoms with Gasteiger partial charge >= 0.3 is 0 Å². The largest absolute Gasteiger partial charge is 0.365 e. The van der Waals surface area contributed by atoms with Crippen LogP contribution in [0.25, 0.3) is 0 Å². The van der Waals surface area contributed by atoms with E-state index in [2.05, 4.69) is 17.3 Å². The minimum absolute atomic E-state index is 0.278. The number of carbonyl (C=O) groups excluding carboxylic acids is 2. The Kier molecular flexibility index (Phi) is 2.64. The van der Waals surface area contributed by atoms with E-state index in [4.69, 9.17) is 5.73 Å². The van der Waals surface area contributed by atoms with E-state index in [-0.39, 0.29) is 6.04 Å². The highest BCUT2D eigenvalue weighted by molar-refractivity contribution is 7.17. The van der Waals surface area contributed by atoms with Gasteiger partial charge in [-0.25, -0.2) is 0 Å². The topological polar surface area (TPSA) is 75.4 Å². The van der Waals surface area contributed by atoms with E-state index in [9.17, 15) is 9.59 Å². The van der Waals surface area contributed by atoms with Crippen molar-refractivity contribution in [2.45, 2.75) is 31.3 Å². The molecule has 2 aliphatic rings. The zero-order valence-electron chi connectivity index (χ0n) is 10.1. The van der Waals surface area contributed by atoms with Gasteiger partial charge in [-0.15, -0.1) is 11.3 Å². The van der Waals surface area contributed by atoms with Crippen molar-refractivity contribution in [3.05, 3.63) is 16.0 Å². The molecule has 2 aliphatic heterocycles. The number of anilines is 1. The van der Waals surface area contributed by atoms with Crippen LogP contribution in [0, 0.1) is 0 Å². The summed E-state index contributed by atoms with van der Waals surface area (Å²) in [5.41, 5.74) is 7.05. The monoisotopic (exact) mass is 265 g/mol. The van der Waals surface area contributed by atoms with Crippen molar-refractivity contribution in [1.29, 1.82) is 0 Å². The molecule has 3 rings (SSSR count). The normalized spacial score (nSPS) is 25.8. The number of primary amides is 1. The Balaban J connectivity index is 2.15. The van der Waals surface area contributed by atoms with Gasteiger partial charge in [-0.1, -0.05) is 0 Å². The minimum atomic E-state index is -0.449. The molecule has 1 fully saturated rings. The van der Waals surface area contributed by atoms with Gasteiger partial charge in [0.05, 0.1) is 5.56 Å². The molecular formula is C12H15N3O2S. The summed E-state index contributed by atoms with van der Waals surface area (Å²) in [7, 11) is 2.10. The van der Waals surface area contributed by atoms with Gasteiger partial charge in [-0.3, -0.25) is 14.5 Å². The van der Waals surface area contributed by atoms with E-state index in [1.807, 2.05) is 0 Å². The molecule has 2 atom stereocenters. The van der Waals surface area contributed by atoms with Gasteiger partial charge < -0.3 is 11.1 Å². The average molecular weight is 265 g/mol. The Bertz CT molecular complexity index is 526. The highest BCUT2D eigenvalue weighted by Gasteiger charge is 2.41. The van der Waals surface area contributed by atoms with E-state index in [1.54, 1.807) is 0 Å². The fourth-order valence-electron chi connectivity index (χ4n) is 3.21. The SMILES string of the molecule is CN1[C@@H]2CC[C@@H]1c1c(sc(NC=O)c1C(N)=O)C2. The molecule has 0 aliphatic carbocycles. The van der Waals surface area contributed by atoms with Crippen molar-refractivity contribution in [2.75, 3.05) is 12.4 Å². The smallest absolute Gasteiger partial charge is 0.252 e. The van der Waals surface area contributed by atoms with Crippen molar-refractivity contribution < 1.29 is 9.59 Å². The zero-order valence-corrected chi connectivity index (χ0v) is 10.9. The first kappa shape index (κ1) is 11.7. The number of nitrogens with one attached hydrogen (secondary N) is 1. The van der Waals surface area contributed by atoms with Crippen LogP contribution >= 0.6 is 11.3 Å². The molecule has 1 aromatic rings. The predicted molar refractivity (Wildman–Crippen MR) is 69.8 cm³/mol. The molecular weight excluding hydrogens is 250 g/mol. The molecule has 0 radical (unpaired) electrons. The maximum atomic E-state index is 11.7. The molecule has 6 heteroatoms. The van der Waals surface area contributed by atoms with Crippen LogP contribution in [0.3, 0.4) is 0 Å². The summed E-state index contributed by atoms with van der Waals surface area (Å²) in [6.07, 6.45) is 3.78. The van der Waals surface area contributed by atoms with Crippen LogP contribution in [0.1, 0.15) is 39.7 Å². The number of fused-ring (bicyclic) bond motifs is 4. The van der Waals surface area contributed by atoms with Crippen LogP contribution in [0.2, 0.25) is 0 Å². The first-order valence-corrected chi connectivity index (χ1v) is 6.82. The van der Waals surface area contributed by atoms with E-state index < -0.39 is 5.91 Å². The van der Waals surface area contributed by atoms with Gasteiger partial charge in [0.2, 0.25) is 6.41 Å². The standard InChI is InChI=1S/C12H15N3O2S/c1-15-6-2-3-7(15)9-8(4-6)18-12(14-5-16)10(9)11(13)17/h5-7H,2-4H2,1H3,(H2,13,17)(H,14,16)/t6-,7-/m1/s1. The van der Waals surface area contributed by atoms with E-state index in [1.165, 1.54) is 16.2 Å². The number of hydrogen-bond donors (Lipinski definition) is 2. The van der Waals surface area contributed by atoms with Gasteiger partial charge in [0, 0.05) is 17.0 Å². The fraction of sp³-hybridized carbons (Fsp3) is 0.500. The number of nitrogens with zero attached hydrogens (tertiary/aromatic N) is 1. The van der Waals surface area contributed by atoms with Gasteiger partial charge in [-0.2, -0.15) is 0 Å². The molecule has 0 saturated carbocycles. The summed E-state index contributed by atoms with van der Waals surface area (Å²) in [5.74, 6) is -0.449. The Labute approximate surface area is 109 Å². The van der Waals surface area contributed by atoms with Gasteiger partial charge in [-0.05, 0) is 31.9 Å². The lowest BCUT2D eigenvalue weighted by Crippen LogP contribution is -2.34. The highest BCUT2D eigenvalue weighted by Crippen LogP contribution is 2.49. The van der Waals surface area contributed by atoms with Crippen LogP contribution in [0.5, 0.6) is 0 Å². The molecule has 3 N–H and O–H groups in total. The van der Waals surface area contributed by atoms with Gasteiger partial charge in [0.25, 0.3) is 5.91 Å². The summed E-state index contributed by atoms with van der Waals surface area (Å²) in [6, 6.07) is 0.839. The van der Waals surface area contributed by atoms with Crippen LogP contribution in [0.4, 0.5) is 5.00 Å². The molecule has 5 nitrogen and oxygen atoms in total. The summed E-state index contributed by atoms with van der Waals surface area (Å²) in [4.78, 5) is 25.8. The summed E-state index contributed by atoms with van der Waals surface area (Å²) < 4.78 is 0. The molecule has 2 bridgehead atoms. The van der Waals surface area contributed by atoms with E-state index >= 15 is 0 Å². The van der Waals surface area contributed by atoms with Crippen LogP contribution in [-0.4, -0.2) is 30.3 Å². The lowest BCUT2D eigenvalue weighted by atomic mass is 9.97. The number of likely N-dealkylation sites (N-methyl/N-ethyl adjacent to an activating group) is 1. The first-order chi connectivity index (χ1) is 8.63. The lowest BCUT2D eigenvalue weighted by molar-refractivity contribution is -0.105. The summed E-state index contributed by atoms with van der Waals surface area (Å²) in [5, 5.41) is 3.21. The van der Waals surface area contributed by atoms with Crippen molar-refractivity contribution in [3.8, 4) is 0 Å². The van der Waals surface area contributed by atoms with Crippen LogP contribution in [-0.2, 0) is 11.2 Å². The van der Waals surface area contributed by atoms with Crippen molar-refractivity contribution in [2.24, 2.45) is 5.73 Å². The summed E-state index contributed by atoms with van der Waals surface area (Å²) >= 11 is 1.49. The van der Waals surface area contributed by atoms with Crippen molar-refractivity contribution in [1.82, 2.24) is 4.90 Å². The molecule has 96 valence electrons. The predicted octanol–water partition coefficient (Wildman–Crippen LogP) is 1.11. The Morgan fingerprint density at radius 3 is 3.00 bits per heavy atom. The molecule has 1 aromatic heterocycles. The number of carbonyl (C=O) groups is 2. The number of thiophene rings is 1. The Hall–Kier alpha value is -1.40. The third kappa shape index (κ3) is 1.49. The van der Waals surface area contributed by atoms with Crippen LogP contribution < -0.4 is 11.1 Å². The van der Waals surface area contributed by atoms with Crippen molar-refractivity contribution >= 4 is 28.7 Å². The van der Waals surface area contributed by atoms with E-state index in [0.717, 1.165) is 24.8 Å². The number of hydrogen-bond acceptors (Lipinski definition) is 4. The zero-order chi connectivity index (χ0) is 12.9. The molecule has 0 spiro atoms. The number of nitrogens with two attached hydrogens (primary N) is 1. The molecule has 18 heavy (non-hydrogen) atoms. The molecule has 3 heterocycles.